The van der Waals surface area contributed by atoms with Gasteiger partial charge in [0.05, 0.1) is 0 Å². The van der Waals surface area contributed by atoms with Crippen LogP contribution in [0.4, 0.5) is 4.39 Å². The normalized spacial score (nSPS) is 21.8. The number of halogens is 1. The van der Waals surface area contributed by atoms with E-state index in [1.165, 1.54) is 30.3 Å². The Balaban J connectivity index is 2.18. The Hall–Kier alpha value is -2.17. The molecule has 112 valence electrons. The van der Waals surface area contributed by atoms with E-state index >= 15 is 0 Å². The summed E-state index contributed by atoms with van der Waals surface area (Å²) in [6.07, 6.45) is 3.49. The van der Waals surface area contributed by atoms with Gasteiger partial charge in [0.1, 0.15) is 11.4 Å². The summed E-state index contributed by atoms with van der Waals surface area (Å²) in [4.78, 5) is 24.0. The van der Waals surface area contributed by atoms with Gasteiger partial charge >= 0.3 is 11.9 Å². The second kappa shape index (κ2) is 6.08. The Kier molecular flexibility index (Phi) is 4.40. The molecule has 0 aromatic heterocycles. The van der Waals surface area contributed by atoms with Gasteiger partial charge in [-0.25, -0.2) is 14.0 Å². The molecule has 0 radical (unpaired) electrons. The van der Waals surface area contributed by atoms with Crippen molar-refractivity contribution < 1.29 is 23.5 Å². The van der Waals surface area contributed by atoms with Crippen molar-refractivity contribution in [2.45, 2.75) is 38.9 Å². The number of hydrogen-bond acceptors (Lipinski definition) is 4. The van der Waals surface area contributed by atoms with Crippen LogP contribution in [-0.2, 0) is 19.1 Å². The molecule has 0 atom stereocenters. The Bertz CT molecular complexity index is 554. The first kappa shape index (κ1) is 15.2. The van der Waals surface area contributed by atoms with Crippen molar-refractivity contribution in [1.29, 1.82) is 0 Å². The molecule has 1 aromatic rings. The molecule has 0 saturated carbocycles. The third-order valence-electron chi connectivity index (χ3n) is 3.22. The van der Waals surface area contributed by atoms with Gasteiger partial charge in [-0.3, -0.25) is 0 Å². The highest BCUT2D eigenvalue weighted by Gasteiger charge is 2.41. The molecule has 0 amide bonds. The Morgan fingerprint density at radius 2 is 1.71 bits per heavy atom. The number of carbonyl (C=O) groups is 2. The van der Waals surface area contributed by atoms with Gasteiger partial charge in [0.2, 0.25) is 0 Å². The van der Waals surface area contributed by atoms with E-state index < -0.39 is 23.5 Å². The minimum Gasteiger partial charge on any atom is -0.419 e. The smallest absolute Gasteiger partial charge is 0.348 e. The number of carbonyl (C=O) groups excluding carboxylic acids is 2. The highest BCUT2D eigenvalue weighted by atomic mass is 19.1. The third-order valence-corrected chi connectivity index (χ3v) is 3.22. The first-order chi connectivity index (χ1) is 9.93. The molecule has 5 heteroatoms. The summed E-state index contributed by atoms with van der Waals surface area (Å²) in [5, 5.41) is 0. The molecule has 1 heterocycles. The van der Waals surface area contributed by atoms with Crippen molar-refractivity contribution in [2.75, 3.05) is 0 Å². The van der Waals surface area contributed by atoms with Crippen LogP contribution in [0, 0.1) is 5.82 Å². The largest absolute Gasteiger partial charge is 0.419 e. The van der Waals surface area contributed by atoms with E-state index in [1.807, 2.05) is 6.92 Å². The number of cyclic esters (lactones) is 2. The molecule has 1 saturated heterocycles. The van der Waals surface area contributed by atoms with Crippen molar-refractivity contribution in [3.05, 3.63) is 41.2 Å². The van der Waals surface area contributed by atoms with Crippen molar-refractivity contribution in [1.82, 2.24) is 0 Å². The SMILES string of the molecule is CCCCC1(C)OC(=O)C(=Cc2ccc(F)cc2)C(=O)O1. The Morgan fingerprint density at radius 3 is 2.24 bits per heavy atom. The van der Waals surface area contributed by atoms with Crippen LogP contribution in [0.1, 0.15) is 38.7 Å². The Morgan fingerprint density at radius 1 is 1.14 bits per heavy atom. The molecule has 0 spiro atoms. The fraction of sp³-hybridized carbons (Fsp3) is 0.375. The molecule has 0 bridgehead atoms. The summed E-state index contributed by atoms with van der Waals surface area (Å²) in [5.41, 5.74) is 0.341. The van der Waals surface area contributed by atoms with E-state index in [0.29, 0.717) is 12.0 Å². The van der Waals surface area contributed by atoms with Crippen LogP contribution >= 0.6 is 0 Å². The topological polar surface area (TPSA) is 52.6 Å². The molecule has 0 N–H and O–H groups in total. The lowest BCUT2D eigenvalue weighted by Crippen LogP contribution is -2.44. The summed E-state index contributed by atoms with van der Waals surface area (Å²) >= 11 is 0. The third kappa shape index (κ3) is 3.68. The molecule has 1 aliphatic rings. The van der Waals surface area contributed by atoms with Gasteiger partial charge in [-0.1, -0.05) is 25.5 Å². The van der Waals surface area contributed by atoms with Crippen molar-refractivity contribution in [3.8, 4) is 0 Å². The maximum atomic E-state index is 12.8. The highest BCUT2D eigenvalue weighted by Crippen LogP contribution is 2.29. The zero-order chi connectivity index (χ0) is 15.5. The molecular weight excluding hydrogens is 275 g/mol. The average Bonchev–Trinajstić information content (AvgIpc) is 2.43. The fourth-order valence-corrected chi connectivity index (χ4v) is 2.05. The fourth-order valence-electron chi connectivity index (χ4n) is 2.05. The molecule has 4 nitrogen and oxygen atoms in total. The maximum Gasteiger partial charge on any atom is 0.348 e. The van der Waals surface area contributed by atoms with E-state index in [0.717, 1.165) is 12.8 Å². The van der Waals surface area contributed by atoms with Crippen LogP contribution in [-0.4, -0.2) is 17.7 Å². The lowest BCUT2D eigenvalue weighted by Gasteiger charge is -2.33. The molecule has 0 unspecified atom stereocenters. The summed E-state index contributed by atoms with van der Waals surface area (Å²) in [7, 11) is 0. The number of ether oxygens (including phenoxy) is 2. The lowest BCUT2D eigenvalue weighted by atomic mass is 10.1. The molecular formula is C16H17FO4. The van der Waals surface area contributed by atoms with Gasteiger partial charge in [-0.15, -0.1) is 0 Å². The number of hydrogen-bond donors (Lipinski definition) is 0. The quantitative estimate of drug-likeness (QED) is 0.486. The van der Waals surface area contributed by atoms with Gasteiger partial charge in [-0.05, 0) is 30.2 Å². The highest BCUT2D eigenvalue weighted by molar-refractivity contribution is 6.18. The van der Waals surface area contributed by atoms with E-state index in [1.54, 1.807) is 6.92 Å². The van der Waals surface area contributed by atoms with Gasteiger partial charge < -0.3 is 9.47 Å². The maximum absolute atomic E-state index is 12.8. The monoisotopic (exact) mass is 292 g/mol. The molecule has 1 aliphatic heterocycles. The van der Waals surface area contributed by atoms with E-state index in [2.05, 4.69) is 0 Å². The second-order valence-corrected chi connectivity index (χ2v) is 5.13. The predicted octanol–water partition coefficient (Wildman–Crippen LogP) is 3.22. The van der Waals surface area contributed by atoms with Crippen LogP contribution in [0.5, 0.6) is 0 Å². The standard InChI is InChI=1S/C16H17FO4/c1-3-4-9-16(2)20-14(18)13(15(19)21-16)10-11-5-7-12(17)8-6-11/h5-8,10H,3-4,9H2,1-2H3. The van der Waals surface area contributed by atoms with Gasteiger partial charge in [0, 0.05) is 13.3 Å². The van der Waals surface area contributed by atoms with Crippen molar-refractivity contribution in [2.24, 2.45) is 0 Å². The number of rotatable bonds is 4. The number of benzene rings is 1. The van der Waals surface area contributed by atoms with Crippen LogP contribution in [0.25, 0.3) is 6.08 Å². The minimum absolute atomic E-state index is 0.185. The minimum atomic E-state index is -1.20. The number of unbranched alkanes of at least 4 members (excludes halogenated alkanes) is 1. The van der Waals surface area contributed by atoms with Gasteiger partial charge in [-0.2, -0.15) is 0 Å². The summed E-state index contributed by atoms with van der Waals surface area (Å²) in [5.74, 6) is -3.02. The predicted molar refractivity (Wildman–Crippen MR) is 74.5 cm³/mol. The molecule has 1 fully saturated rings. The van der Waals surface area contributed by atoms with E-state index in [-0.39, 0.29) is 5.57 Å². The summed E-state index contributed by atoms with van der Waals surface area (Å²) < 4.78 is 23.3. The first-order valence-corrected chi connectivity index (χ1v) is 6.87. The molecule has 0 aliphatic carbocycles. The van der Waals surface area contributed by atoms with Crippen molar-refractivity contribution in [3.63, 3.8) is 0 Å². The first-order valence-electron chi connectivity index (χ1n) is 6.87. The molecule has 1 aromatic carbocycles. The van der Waals surface area contributed by atoms with Gasteiger partial charge in [0.25, 0.3) is 5.79 Å². The van der Waals surface area contributed by atoms with E-state index in [4.69, 9.17) is 9.47 Å². The van der Waals surface area contributed by atoms with Crippen LogP contribution < -0.4 is 0 Å². The molecule has 21 heavy (non-hydrogen) atoms. The summed E-state index contributed by atoms with van der Waals surface area (Å²) in [6.45, 7) is 3.57. The zero-order valence-electron chi connectivity index (χ0n) is 12.0. The summed E-state index contributed by atoms with van der Waals surface area (Å²) in [6, 6.07) is 5.43. The van der Waals surface area contributed by atoms with Crippen LogP contribution in [0.15, 0.2) is 29.8 Å². The van der Waals surface area contributed by atoms with Crippen molar-refractivity contribution >= 4 is 18.0 Å². The lowest BCUT2D eigenvalue weighted by molar-refractivity contribution is -0.230. The number of esters is 2. The zero-order valence-corrected chi connectivity index (χ0v) is 12.0. The average molecular weight is 292 g/mol. The second-order valence-electron chi connectivity index (χ2n) is 5.13. The Labute approximate surface area is 122 Å². The van der Waals surface area contributed by atoms with Gasteiger partial charge in [0.15, 0.2) is 0 Å². The molecule has 2 rings (SSSR count). The van der Waals surface area contributed by atoms with E-state index in [9.17, 15) is 14.0 Å². The van der Waals surface area contributed by atoms with Crippen LogP contribution in [0.2, 0.25) is 0 Å². The van der Waals surface area contributed by atoms with Crippen LogP contribution in [0.3, 0.4) is 0 Å².